The molecular formula is C14H22N2O4. The molecule has 0 heterocycles. The maximum absolute atomic E-state index is 11.3. The summed E-state index contributed by atoms with van der Waals surface area (Å²) in [5.74, 6) is 0.247. The zero-order valence-electron chi connectivity index (χ0n) is 12.3. The monoisotopic (exact) mass is 282 g/mol. The second kappa shape index (κ2) is 6.56. The van der Waals surface area contributed by atoms with Crippen LogP contribution >= 0.6 is 0 Å². The second-order valence-corrected chi connectivity index (χ2v) is 5.75. The highest BCUT2D eigenvalue weighted by Gasteiger charge is 2.24. The number of hydrogen-bond acceptors (Lipinski definition) is 5. The first-order valence-corrected chi connectivity index (χ1v) is 6.55. The van der Waals surface area contributed by atoms with Gasteiger partial charge in [-0.1, -0.05) is 19.9 Å². The molecule has 6 heteroatoms. The molecule has 0 aliphatic heterocycles. The number of aliphatic hydroxyl groups excluding tert-OH is 1. The fraction of sp³-hybridized carbons (Fsp3) is 0.571. The number of benzene rings is 1. The lowest BCUT2D eigenvalue weighted by Gasteiger charge is -2.22. The molecule has 0 atom stereocenters. The Balaban J connectivity index is 3.04. The fourth-order valence-electron chi connectivity index (χ4n) is 1.59. The third kappa shape index (κ3) is 4.38. The first-order chi connectivity index (χ1) is 9.26. The summed E-state index contributed by atoms with van der Waals surface area (Å²) < 4.78 is 5.47. The Morgan fingerprint density at radius 2 is 2.10 bits per heavy atom. The van der Waals surface area contributed by atoms with E-state index in [1.54, 1.807) is 18.2 Å². The molecule has 112 valence electrons. The zero-order chi connectivity index (χ0) is 15.3. The molecule has 1 rings (SSSR count). The van der Waals surface area contributed by atoms with E-state index < -0.39 is 4.92 Å². The molecule has 0 bridgehead atoms. The summed E-state index contributed by atoms with van der Waals surface area (Å²) in [6.45, 7) is 7.81. The number of aliphatic hydroxyl groups is 1. The predicted molar refractivity (Wildman–Crippen MR) is 78.2 cm³/mol. The SMILES string of the molecule is CC(C)Oc1cccc(NCC(C)(C)CO)c1[N+](=O)[O-]. The number of ether oxygens (including phenoxy) is 1. The third-order valence-electron chi connectivity index (χ3n) is 2.73. The molecule has 0 amide bonds. The molecule has 0 aliphatic carbocycles. The van der Waals surface area contributed by atoms with Gasteiger partial charge in [0.1, 0.15) is 5.69 Å². The number of hydrogen-bond donors (Lipinski definition) is 2. The molecule has 1 aromatic rings. The van der Waals surface area contributed by atoms with Gasteiger partial charge in [0, 0.05) is 18.6 Å². The Kier molecular flexibility index (Phi) is 5.33. The molecule has 0 saturated carbocycles. The summed E-state index contributed by atoms with van der Waals surface area (Å²) in [5, 5.41) is 23.5. The van der Waals surface area contributed by atoms with Crippen LogP contribution in [0, 0.1) is 15.5 Å². The van der Waals surface area contributed by atoms with Crippen LogP contribution < -0.4 is 10.1 Å². The van der Waals surface area contributed by atoms with Crippen molar-refractivity contribution in [2.24, 2.45) is 5.41 Å². The van der Waals surface area contributed by atoms with Gasteiger partial charge in [-0.3, -0.25) is 10.1 Å². The number of rotatable bonds is 7. The van der Waals surface area contributed by atoms with Crippen LogP contribution in [0.5, 0.6) is 5.75 Å². The number of nitrogens with one attached hydrogen (secondary N) is 1. The number of nitro groups is 1. The van der Waals surface area contributed by atoms with Crippen molar-refractivity contribution in [1.29, 1.82) is 0 Å². The van der Waals surface area contributed by atoms with Crippen molar-refractivity contribution >= 4 is 11.4 Å². The highest BCUT2D eigenvalue weighted by molar-refractivity contribution is 5.68. The van der Waals surface area contributed by atoms with E-state index in [9.17, 15) is 15.2 Å². The highest BCUT2D eigenvalue weighted by Crippen LogP contribution is 2.35. The van der Waals surface area contributed by atoms with Crippen LogP contribution in [-0.4, -0.2) is 29.3 Å². The molecule has 0 spiro atoms. The number of nitrogens with zero attached hydrogens (tertiary/aromatic N) is 1. The summed E-state index contributed by atoms with van der Waals surface area (Å²) in [7, 11) is 0. The Hall–Kier alpha value is -1.82. The molecule has 0 aromatic heterocycles. The van der Waals surface area contributed by atoms with E-state index in [4.69, 9.17) is 4.74 Å². The average molecular weight is 282 g/mol. The predicted octanol–water partition coefficient (Wildman–Crippen LogP) is 2.81. The highest BCUT2D eigenvalue weighted by atomic mass is 16.6. The minimum Gasteiger partial charge on any atom is -0.484 e. The zero-order valence-corrected chi connectivity index (χ0v) is 12.3. The van der Waals surface area contributed by atoms with E-state index in [1.165, 1.54) is 0 Å². The smallest absolute Gasteiger partial charge is 0.333 e. The topological polar surface area (TPSA) is 84.6 Å². The third-order valence-corrected chi connectivity index (χ3v) is 2.73. The molecule has 1 aromatic carbocycles. The van der Waals surface area contributed by atoms with E-state index in [0.29, 0.717) is 12.2 Å². The fourth-order valence-corrected chi connectivity index (χ4v) is 1.59. The molecule has 2 N–H and O–H groups in total. The first kappa shape index (κ1) is 16.2. The molecule has 0 radical (unpaired) electrons. The molecule has 6 nitrogen and oxygen atoms in total. The van der Waals surface area contributed by atoms with E-state index >= 15 is 0 Å². The lowest BCUT2D eigenvalue weighted by molar-refractivity contribution is -0.385. The summed E-state index contributed by atoms with van der Waals surface area (Å²) in [6.07, 6.45) is -0.141. The van der Waals surface area contributed by atoms with Gasteiger partial charge >= 0.3 is 5.69 Å². The van der Waals surface area contributed by atoms with Gasteiger partial charge in [-0.15, -0.1) is 0 Å². The van der Waals surface area contributed by atoms with Gasteiger partial charge in [0.05, 0.1) is 11.0 Å². The standard InChI is InChI=1S/C14H22N2O4/c1-10(2)20-12-7-5-6-11(13(12)16(18)19)15-8-14(3,4)9-17/h5-7,10,15,17H,8-9H2,1-4H3. The average Bonchev–Trinajstić information content (AvgIpc) is 2.35. The lowest BCUT2D eigenvalue weighted by Crippen LogP contribution is -2.27. The van der Waals surface area contributed by atoms with Gasteiger partial charge in [-0.25, -0.2) is 0 Å². The van der Waals surface area contributed by atoms with Gasteiger partial charge in [-0.05, 0) is 26.0 Å². The van der Waals surface area contributed by atoms with E-state index in [2.05, 4.69) is 5.32 Å². The second-order valence-electron chi connectivity index (χ2n) is 5.75. The van der Waals surface area contributed by atoms with E-state index in [0.717, 1.165) is 0 Å². The molecular weight excluding hydrogens is 260 g/mol. The molecule has 0 unspecified atom stereocenters. The summed E-state index contributed by atoms with van der Waals surface area (Å²) in [6, 6.07) is 4.93. The van der Waals surface area contributed by atoms with Crippen LogP contribution in [0.1, 0.15) is 27.7 Å². The summed E-state index contributed by atoms with van der Waals surface area (Å²) >= 11 is 0. The minimum absolute atomic E-state index is 0.00399. The maximum atomic E-state index is 11.3. The van der Waals surface area contributed by atoms with Gasteiger partial charge in [0.15, 0.2) is 5.75 Å². The lowest BCUT2D eigenvalue weighted by atomic mass is 9.95. The van der Waals surface area contributed by atoms with Crippen molar-refractivity contribution in [3.63, 3.8) is 0 Å². The Bertz CT molecular complexity index is 472. The van der Waals surface area contributed by atoms with E-state index in [-0.39, 0.29) is 29.6 Å². The molecule has 0 saturated heterocycles. The van der Waals surface area contributed by atoms with Crippen LogP contribution in [0.2, 0.25) is 0 Å². The summed E-state index contributed by atoms with van der Waals surface area (Å²) in [5.41, 5.74) is -0.0346. The Morgan fingerprint density at radius 3 is 2.60 bits per heavy atom. The van der Waals surface area contributed by atoms with Crippen molar-refractivity contribution < 1.29 is 14.8 Å². The number of anilines is 1. The van der Waals surface area contributed by atoms with Crippen LogP contribution in [0.25, 0.3) is 0 Å². The summed E-state index contributed by atoms with van der Waals surface area (Å²) in [4.78, 5) is 10.8. The van der Waals surface area contributed by atoms with Crippen LogP contribution in [-0.2, 0) is 0 Å². The molecule has 20 heavy (non-hydrogen) atoms. The first-order valence-electron chi connectivity index (χ1n) is 6.55. The van der Waals surface area contributed by atoms with Crippen LogP contribution in [0.3, 0.4) is 0 Å². The molecule has 0 fully saturated rings. The van der Waals surface area contributed by atoms with Crippen LogP contribution in [0.15, 0.2) is 18.2 Å². The minimum atomic E-state index is -0.452. The Morgan fingerprint density at radius 1 is 1.45 bits per heavy atom. The van der Waals surface area contributed by atoms with Crippen molar-refractivity contribution in [3.05, 3.63) is 28.3 Å². The van der Waals surface area contributed by atoms with Crippen molar-refractivity contribution in [2.75, 3.05) is 18.5 Å². The van der Waals surface area contributed by atoms with Gasteiger partial charge in [0.25, 0.3) is 0 Å². The maximum Gasteiger partial charge on any atom is 0.333 e. The van der Waals surface area contributed by atoms with Gasteiger partial charge in [-0.2, -0.15) is 0 Å². The normalized spacial score (nSPS) is 11.5. The van der Waals surface area contributed by atoms with Crippen molar-refractivity contribution in [1.82, 2.24) is 0 Å². The van der Waals surface area contributed by atoms with E-state index in [1.807, 2.05) is 27.7 Å². The Labute approximate surface area is 118 Å². The van der Waals surface area contributed by atoms with Crippen LogP contribution in [0.4, 0.5) is 11.4 Å². The quantitative estimate of drug-likeness (QED) is 0.593. The van der Waals surface area contributed by atoms with Crippen molar-refractivity contribution in [3.8, 4) is 5.75 Å². The number of para-hydroxylation sites is 1. The number of nitro benzene ring substituents is 1. The van der Waals surface area contributed by atoms with Gasteiger partial charge < -0.3 is 15.2 Å². The largest absolute Gasteiger partial charge is 0.484 e. The molecule has 0 aliphatic rings. The van der Waals surface area contributed by atoms with Crippen molar-refractivity contribution in [2.45, 2.75) is 33.8 Å². The van der Waals surface area contributed by atoms with Gasteiger partial charge in [0.2, 0.25) is 0 Å².